The zero-order valence-electron chi connectivity index (χ0n) is 18.2. The maximum absolute atomic E-state index is 13.1. The van der Waals surface area contributed by atoms with E-state index in [0.717, 1.165) is 21.4 Å². The van der Waals surface area contributed by atoms with Crippen molar-refractivity contribution in [2.45, 2.75) is 26.9 Å². The maximum Gasteiger partial charge on any atom is 0.333 e. The molecule has 4 rings (SSSR count). The molecular formula is C24H25N3O4. The van der Waals surface area contributed by atoms with E-state index in [1.165, 1.54) is 11.6 Å². The van der Waals surface area contributed by atoms with Crippen LogP contribution in [0.15, 0.2) is 62.5 Å². The van der Waals surface area contributed by atoms with Crippen LogP contribution in [-0.4, -0.2) is 15.2 Å². The predicted octanol–water partition coefficient (Wildman–Crippen LogP) is 4.34. The molecule has 2 heterocycles. The van der Waals surface area contributed by atoms with Gasteiger partial charge in [-0.3, -0.25) is 13.9 Å². The molecule has 0 aliphatic rings. The summed E-state index contributed by atoms with van der Waals surface area (Å²) in [5.41, 5.74) is 2.57. The summed E-state index contributed by atoms with van der Waals surface area (Å²) in [5.74, 6) is 1.08. The number of benzene rings is 2. The number of aromatic nitrogens is 2. The summed E-state index contributed by atoms with van der Waals surface area (Å²) >= 11 is 0. The minimum absolute atomic E-state index is 0.00889. The van der Waals surface area contributed by atoms with Crippen LogP contribution in [0.2, 0.25) is 0 Å². The Hall–Kier alpha value is -3.74. The largest absolute Gasteiger partial charge is 0.491 e. The minimum Gasteiger partial charge on any atom is -0.491 e. The van der Waals surface area contributed by atoms with Gasteiger partial charge >= 0.3 is 5.69 Å². The lowest BCUT2D eigenvalue weighted by Gasteiger charge is -2.12. The van der Waals surface area contributed by atoms with Gasteiger partial charge in [0.1, 0.15) is 11.1 Å². The van der Waals surface area contributed by atoms with Gasteiger partial charge in [-0.1, -0.05) is 30.3 Å². The molecule has 0 saturated carbocycles. The number of anilines is 2. The van der Waals surface area contributed by atoms with Crippen LogP contribution in [0.25, 0.3) is 22.2 Å². The summed E-state index contributed by atoms with van der Waals surface area (Å²) in [6, 6.07) is 15.3. The molecule has 2 aromatic carbocycles. The van der Waals surface area contributed by atoms with Crippen molar-refractivity contribution in [3.8, 4) is 16.9 Å². The number of nitrogens with zero attached hydrogens (tertiary/aromatic N) is 2. The summed E-state index contributed by atoms with van der Waals surface area (Å²) in [6.07, 6.45) is 0.00889. The van der Waals surface area contributed by atoms with Crippen LogP contribution >= 0.6 is 0 Å². The fourth-order valence-electron chi connectivity index (χ4n) is 3.62. The summed E-state index contributed by atoms with van der Waals surface area (Å²) in [6.45, 7) is 5.89. The van der Waals surface area contributed by atoms with Crippen LogP contribution in [0.3, 0.4) is 0 Å². The van der Waals surface area contributed by atoms with E-state index in [1.54, 1.807) is 7.05 Å². The summed E-state index contributed by atoms with van der Waals surface area (Å²) in [5, 5.41) is 3.65. The van der Waals surface area contributed by atoms with Gasteiger partial charge in [0.25, 0.3) is 5.56 Å². The third-order valence-corrected chi connectivity index (χ3v) is 5.17. The molecule has 0 atom stereocenters. The number of hydrogen-bond donors (Lipinski definition) is 1. The SMILES string of the molecule is Cc1ccccc1Nc1oc2c(c1-c1cccc(OC(C)C)c1)c(=O)n(C)c(=O)n2C. The molecule has 0 radical (unpaired) electrons. The normalized spacial score (nSPS) is 11.3. The summed E-state index contributed by atoms with van der Waals surface area (Å²) < 4.78 is 14.4. The molecule has 0 aliphatic carbocycles. The number of aryl methyl sites for hydroxylation is 2. The third kappa shape index (κ3) is 3.63. The van der Waals surface area contributed by atoms with Gasteiger partial charge in [0.15, 0.2) is 0 Å². The number of nitrogens with one attached hydrogen (secondary N) is 1. The zero-order valence-corrected chi connectivity index (χ0v) is 18.2. The fraction of sp³-hybridized carbons (Fsp3) is 0.250. The predicted molar refractivity (Wildman–Crippen MR) is 122 cm³/mol. The lowest BCUT2D eigenvalue weighted by molar-refractivity contribution is 0.242. The first-order valence-electron chi connectivity index (χ1n) is 10.1. The van der Waals surface area contributed by atoms with E-state index in [9.17, 15) is 9.59 Å². The Morgan fingerprint density at radius 2 is 1.74 bits per heavy atom. The van der Waals surface area contributed by atoms with Gasteiger partial charge in [-0.15, -0.1) is 0 Å². The van der Waals surface area contributed by atoms with E-state index in [-0.39, 0.29) is 11.8 Å². The highest BCUT2D eigenvalue weighted by Gasteiger charge is 2.24. The van der Waals surface area contributed by atoms with E-state index < -0.39 is 11.2 Å². The molecule has 1 N–H and O–H groups in total. The van der Waals surface area contributed by atoms with Crippen LogP contribution in [0.5, 0.6) is 5.75 Å². The lowest BCUT2D eigenvalue weighted by atomic mass is 10.0. The van der Waals surface area contributed by atoms with E-state index in [4.69, 9.17) is 9.15 Å². The second-order valence-electron chi connectivity index (χ2n) is 7.83. The van der Waals surface area contributed by atoms with Gasteiger partial charge in [0, 0.05) is 19.8 Å². The topological polar surface area (TPSA) is 78.4 Å². The smallest absolute Gasteiger partial charge is 0.333 e. The van der Waals surface area contributed by atoms with Gasteiger partial charge in [-0.25, -0.2) is 4.79 Å². The van der Waals surface area contributed by atoms with Crippen molar-refractivity contribution < 1.29 is 9.15 Å². The molecule has 0 fully saturated rings. The third-order valence-electron chi connectivity index (χ3n) is 5.17. The van der Waals surface area contributed by atoms with Crippen molar-refractivity contribution in [3.63, 3.8) is 0 Å². The quantitative estimate of drug-likeness (QED) is 0.521. The van der Waals surface area contributed by atoms with Gasteiger partial charge in [0.05, 0.1) is 11.7 Å². The van der Waals surface area contributed by atoms with Crippen molar-refractivity contribution in [2.75, 3.05) is 5.32 Å². The standard InChI is InChI=1S/C24H25N3O4/c1-14(2)30-17-11-8-10-16(13-17)19-20-22(28)26(4)24(29)27(5)23(20)31-21(19)25-18-12-7-6-9-15(18)3/h6-14,25H,1-5H3. The monoisotopic (exact) mass is 419 g/mol. The van der Waals surface area contributed by atoms with E-state index >= 15 is 0 Å². The number of ether oxygens (including phenoxy) is 1. The molecule has 160 valence electrons. The average Bonchev–Trinajstić information content (AvgIpc) is 3.11. The molecule has 0 saturated heterocycles. The average molecular weight is 419 g/mol. The first-order valence-corrected chi connectivity index (χ1v) is 10.1. The zero-order chi connectivity index (χ0) is 22.3. The van der Waals surface area contributed by atoms with Crippen molar-refractivity contribution in [1.29, 1.82) is 0 Å². The maximum atomic E-state index is 13.1. The number of rotatable bonds is 5. The molecule has 0 aliphatic heterocycles. The van der Waals surface area contributed by atoms with Crippen LogP contribution in [0.4, 0.5) is 11.6 Å². The molecule has 31 heavy (non-hydrogen) atoms. The highest BCUT2D eigenvalue weighted by Crippen LogP contribution is 2.39. The van der Waals surface area contributed by atoms with E-state index in [1.807, 2.05) is 69.3 Å². The molecule has 4 aromatic rings. The Labute approximate surface area is 179 Å². The van der Waals surface area contributed by atoms with Crippen LogP contribution < -0.4 is 21.3 Å². The van der Waals surface area contributed by atoms with Crippen molar-refractivity contribution in [3.05, 3.63) is 74.9 Å². The Bertz CT molecular complexity index is 1390. The van der Waals surface area contributed by atoms with Gasteiger partial charge < -0.3 is 14.5 Å². The first-order chi connectivity index (χ1) is 14.8. The van der Waals surface area contributed by atoms with Crippen LogP contribution in [0.1, 0.15) is 19.4 Å². The highest BCUT2D eigenvalue weighted by molar-refractivity contribution is 5.99. The van der Waals surface area contributed by atoms with Crippen LogP contribution in [0, 0.1) is 6.92 Å². The second kappa shape index (κ2) is 7.83. The number of furan rings is 1. The lowest BCUT2D eigenvalue weighted by Crippen LogP contribution is -2.36. The molecule has 0 amide bonds. The molecule has 0 spiro atoms. The minimum atomic E-state index is -0.447. The Morgan fingerprint density at radius 3 is 2.45 bits per heavy atom. The van der Waals surface area contributed by atoms with Gasteiger partial charge in [0.2, 0.25) is 11.6 Å². The molecule has 2 aromatic heterocycles. The summed E-state index contributed by atoms with van der Waals surface area (Å²) in [7, 11) is 3.06. The first kappa shape index (κ1) is 20.5. The van der Waals surface area contributed by atoms with E-state index in [2.05, 4.69) is 5.32 Å². The Kier molecular flexibility index (Phi) is 5.19. The van der Waals surface area contributed by atoms with Crippen molar-refractivity contribution >= 4 is 22.7 Å². The number of fused-ring (bicyclic) bond motifs is 1. The molecule has 0 unspecified atom stereocenters. The Morgan fingerprint density at radius 1 is 1.00 bits per heavy atom. The number of hydrogen-bond acceptors (Lipinski definition) is 5. The Balaban J connectivity index is 2.03. The van der Waals surface area contributed by atoms with Crippen molar-refractivity contribution in [1.82, 2.24) is 9.13 Å². The molecular weight excluding hydrogens is 394 g/mol. The van der Waals surface area contributed by atoms with E-state index in [0.29, 0.717) is 22.6 Å². The number of para-hydroxylation sites is 1. The van der Waals surface area contributed by atoms with Gasteiger partial charge in [-0.2, -0.15) is 0 Å². The molecule has 0 bridgehead atoms. The van der Waals surface area contributed by atoms with Gasteiger partial charge in [-0.05, 0) is 50.1 Å². The fourth-order valence-corrected chi connectivity index (χ4v) is 3.62. The van der Waals surface area contributed by atoms with Crippen LogP contribution in [-0.2, 0) is 14.1 Å². The summed E-state index contributed by atoms with van der Waals surface area (Å²) in [4.78, 5) is 25.6. The highest BCUT2D eigenvalue weighted by atomic mass is 16.5. The molecule has 7 heteroatoms. The molecule has 7 nitrogen and oxygen atoms in total. The van der Waals surface area contributed by atoms with Crippen molar-refractivity contribution in [2.24, 2.45) is 14.1 Å². The second-order valence-corrected chi connectivity index (χ2v) is 7.83.